The quantitative estimate of drug-likeness (QED) is 0.747. The van der Waals surface area contributed by atoms with E-state index in [1.807, 2.05) is 45.0 Å². The molecule has 6 heteroatoms. The van der Waals surface area contributed by atoms with Crippen molar-refractivity contribution in [2.24, 2.45) is 0 Å². The fraction of sp³-hybridized carbons (Fsp3) is 0.286. The molecular formula is C21H21FN4O. The van der Waals surface area contributed by atoms with Gasteiger partial charge in [-0.05, 0) is 44.0 Å². The van der Waals surface area contributed by atoms with E-state index in [4.69, 9.17) is 0 Å². The zero-order chi connectivity index (χ0) is 19.6. The largest absolute Gasteiger partial charge is 0.348 e. The number of carbonyl (C=O) groups is 1. The van der Waals surface area contributed by atoms with E-state index in [-0.39, 0.29) is 18.5 Å². The molecule has 0 unspecified atom stereocenters. The molecule has 0 radical (unpaired) electrons. The Labute approximate surface area is 157 Å². The van der Waals surface area contributed by atoms with Crippen LogP contribution in [0.15, 0.2) is 48.8 Å². The van der Waals surface area contributed by atoms with Crippen LogP contribution in [0.1, 0.15) is 37.9 Å². The van der Waals surface area contributed by atoms with Crippen LogP contribution in [0.4, 0.5) is 4.39 Å². The predicted molar refractivity (Wildman–Crippen MR) is 101 cm³/mol. The minimum atomic E-state index is -0.558. The average molecular weight is 364 g/mol. The van der Waals surface area contributed by atoms with Gasteiger partial charge in [-0.25, -0.2) is 9.37 Å². The molecule has 1 heterocycles. The Kier molecular flexibility index (Phi) is 4.95. The summed E-state index contributed by atoms with van der Waals surface area (Å²) < 4.78 is 15.5. The molecule has 0 aliphatic carbocycles. The zero-order valence-electron chi connectivity index (χ0n) is 15.5. The third-order valence-electron chi connectivity index (χ3n) is 4.69. The predicted octanol–water partition coefficient (Wildman–Crippen LogP) is 3.85. The Morgan fingerprint density at radius 1 is 1.30 bits per heavy atom. The van der Waals surface area contributed by atoms with Gasteiger partial charge in [0.15, 0.2) is 0 Å². The van der Waals surface area contributed by atoms with Crippen molar-refractivity contribution in [1.82, 2.24) is 14.9 Å². The smallest absolute Gasteiger partial charge is 0.240 e. The lowest BCUT2D eigenvalue weighted by atomic mass is 9.85. The van der Waals surface area contributed by atoms with Crippen molar-refractivity contribution in [3.8, 4) is 6.07 Å². The number of nitrogens with one attached hydrogen (secondary N) is 1. The molecule has 3 aromatic rings. The van der Waals surface area contributed by atoms with Crippen LogP contribution in [0.2, 0.25) is 0 Å². The fourth-order valence-electron chi connectivity index (χ4n) is 2.98. The second kappa shape index (κ2) is 7.20. The number of halogens is 1. The molecule has 0 saturated heterocycles. The second-order valence-electron chi connectivity index (χ2n) is 7.13. The summed E-state index contributed by atoms with van der Waals surface area (Å²) in [5.41, 5.74) is 2.14. The number of nitriles is 1. The van der Waals surface area contributed by atoms with E-state index in [9.17, 15) is 14.4 Å². The highest BCUT2D eigenvalue weighted by Gasteiger charge is 2.20. The summed E-state index contributed by atoms with van der Waals surface area (Å²) in [6.07, 6.45) is 1.47. The van der Waals surface area contributed by atoms with Gasteiger partial charge in [-0.3, -0.25) is 4.79 Å². The van der Waals surface area contributed by atoms with E-state index >= 15 is 0 Å². The van der Waals surface area contributed by atoms with Crippen LogP contribution in [0.25, 0.3) is 11.0 Å². The maximum absolute atomic E-state index is 14.0. The van der Waals surface area contributed by atoms with Crippen LogP contribution in [0.5, 0.6) is 0 Å². The van der Waals surface area contributed by atoms with E-state index in [1.165, 1.54) is 17.0 Å². The molecule has 3 rings (SSSR count). The van der Waals surface area contributed by atoms with Gasteiger partial charge < -0.3 is 9.88 Å². The van der Waals surface area contributed by atoms with Crippen molar-refractivity contribution in [3.63, 3.8) is 0 Å². The van der Waals surface area contributed by atoms with Crippen LogP contribution < -0.4 is 5.32 Å². The maximum Gasteiger partial charge on any atom is 0.240 e. The lowest BCUT2D eigenvalue weighted by Gasteiger charge is -2.19. The van der Waals surface area contributed by atoms with Crippen LogP contribution in [0.3, 0.4) is 0 Å². The van der Waals surface area contributed by atoms with Gasteiger partial charge in [0.25, 0.3) is 0 Å². The first-order valence-corrected chi connectivity index (χ1v) is 8.72. The molecule has 0 aliphatic heterocycles. The highest BCUT2D eigenvalue weighted by atomic mass is 19.1. The number of amides is 1. The number of fused-ring (bicyclic) bond motifs is 1. The number of hydrogen-bond acceptors (Lipinski definition) is 3. The third kappa shape index (κ3) is 3.82. The van der Waals surface area contributed by atoms with Gasteiger partial charge in [0.05, 0.1) is 29.4 Å². The van der Waals surface area contributed by atoms with Crippen molar-refractivity contribution in [1.29, 1.82) is 5.26 Å². The van der Waals surface area contributed by atoms with Crippen LogP contribution in [-0.4, -0.2) is 15.5 Å². The number of rotatable bonds is 5. The molecule has 1 atom stereocenters. The molecule has 1 N–H and O–H groups in total. The van der Waals surface area contributed by atoms with E-state index in [0.29, 0.717) is 11.0 Å². The number of hydrogen-bond donors (Lipinski definition) is 1. The van der Waals surface area contributed by atoms with Crippen LogP contribution >= 0.6 is 0 Å². The molecule has 138 valence electrons. The highest BCUT2D eigenvalue weighted by Crippen LogP contribution is 2.24. The first-order valence-electron chi connectivity index (χ1n) is 8.72. The Bertz CT molecular complexity index is 1010. The van der Waals surface area contributed by atoms with Crippen molar-refractivity contribution in [3.05, 3.63) is 65.7 Å². The summed E-state index contributed by atoms with van der Waals surface area (Å²) in [7, 11) is 0. The number of carbonyl (C=O) groups excluding carboxylic acids is 1. The molecule has 1 amide bonds. The molecular weight excluding hydrogens is 343 g/mol. The van der Waals surface area contributed by atoms with Gasteiger partial charge in [0, 0.05) is 0 Å². The minimum absolute atomic E-state index is 0.0126. The summed E-state index contributed by atoms with van der Waals surface area (Å²) in [6, 6.07) is 14.3. The van der Waals surface area contributed by atoms with Crippen LogP contribution in [0, 0.1) is 17.1 Å². The number of nitrogens with zero attached hydrogens (tertiary/aromatic N) is 3. The number of imidazole rings is 1. The SMILES string of the molecule is C[C@@H](NC(=O)Cn1cnc2cccc(F)c21)c1ccc(C(C)(C)C#N)cc1. The van der Waals surface area contributed by atoms with Crippen molar-refractivity contribution >= 4 is 16.9 Å². The number of para-hydroxylation sites is 1. The Morgan fingerprint density at radius 2 is 2.00 bits per heavy atom. The van der Waals surface area contributed by atoms with Gasteiger partial charge in [0.2, 0.25) is 5.91 Å². The summed E-state index contributed by atoms with van der Waals surface area (Å²) in [6.45, 7) is 5.60. The van der Waals surface area contributed by atoms with Crippen molar-refractivity contribution in [2.75, 3.05) is 0 Å². The van der Waals surface area contributed by atoms with Gasteiger partial charge in [-0.2, -0.15) is 5.26 Å². The molecule has 0 saturated carbocycles. The summed E-state index contributed by atoms with van der Waals surface area (Å²) in [4.78, 5) is 16.5. The van der Waals surface area contributed by atoms with Gasteiger partial charge >= 0.3 is 0 Å². The lowest BCUT2D eigenvalue weighted by molar-refractivity contribution is -0.122. The molecule has 0 bridgehead atoms. The molecule has 0 aliphatic rings. The maximum atomic E-state index is 14.0. The lowest BCUT2D eigenvalue weighted by Crippen LogP contribution is -2.30. The van der Waals surface area contributed by atoms with E-state index in [1.54, 1.807) is 12.1 Å². The summed E-state index contributed by atoms with van der Waals surface area (Å²) in [5.74, 6) is -0.631. The van der Waals surface area contributed by atoms with Crippen LogP contribution in [-0.2, 0) is 16.8 Å². The third-order valence-corrected chi connectivity index (χ3v) is 4.69. The molecule has 27 heavy (non-hydrogen) atoms. The molecule has 2 aromatic carbocycles. The van der Waals surface area contributed by atoms with E-state index in [0.717, 1.165) is 11.1 Å². The first kappa shape index (κ1) is 18.6. The van der Waals surface area contributed by atoms with E-state index < -0.39 is 11.2 Å². The monoisotopic (exact) mass is 364 g/mol. The second-order valence-corrected chi connectivity index (χ2v) is 7.13. The van der Waals surface area contributed by atoms with Gasteiger partial charge in [-0.1, -0.05) is 30.3 Å². The molecule has 1 aromatic heterocycles. The summed E-state index contributed by atoms with van der Waals surface area (Å²) in [5, 5.41) is 12.1. The molecule has 5 nitrogen and oxygen atoms in total. The molecule has 0 spiro atoms. The van der Waals surface area contributed by atoms with Crippen molar-refractivity contribution < 1.29 is 9.18 Å². The highest BCUT2D eigenvalue weighted by molar-refractivity contribution is 5.81. The molecule has 0 fully saturated rings. The van der Waals surface area contributed by atoms with Gasteiger partial charge in [-0.15, -0.1) is 0 Å². The fourth-order valence-corrected chi connectivity index (χ4v) is 2.98. The Hall–Kier alpha value is -3.20. The normalized spacial score (nSPS) is 12.6. The number of aromatic nitrogens is 2. The Balaban J connectivity index is 1.70. The standard InChI is InChI=1S/C21H21FN4O/c1-14(15-7-9-16(10-8-15)21(2,3)12-23)25-19(27)11-26-13-24-18-6-4-5-17(22)20(18)26/h4-10,13-14H,11H2,1-3H3,(H,25,27)/t14-/m1/s1. The summed E-state index contributed by atoms with van der Waals surface area (Å²) >= 11 is 0. The first-order chi connectivity index (χ1) is 12.8. The number of benzene rings is 2. The van der Waals surface area contributed by atoms with Crippen molar-refractivity contribution in [2.45, 2.75) is 38.8 Å². The van der Waals surface area contributed by atoms with E-state index in [2.05, 4.69) is 16.4 Å². The zero-order valence-corrected chi connectivity index (χ0v) is 15.5. The minimum Gasteiger partial charge on any atom is -0.348 e. The Morgan fingerprint density at radius 3 is 2.67 bits per heavy atom. The topological polar surface area (TPSA) is 70.7 Å². The average Bonchev–Trinajstić information content (AvgIpc) is 3.05. The van der Waals surface area contributed by atoms with Gasteiger partial charge in [0.1, 0.15) is 17.9 Å².